The number of carbonyl (C=O) groups excluding carboxylic acids is 1. The average molecular weight is 313 g/mol. The number of ether oxygens (including phenoxy) is 1. The summed E-state index contributed by atoms with van der Waals surface area (Å²) in [6.45, 7) is 0.340. The van der Waals surface area contributed by atoms with Gasteiger partial charge in [-0.25, -0.2) is 4.79 Å². The van der Waals surface area contributed by atoms with Crippen LogP contribution in [0.4, 0.5) is 0 Å². The Labute approximate surface area is 139 Å². The Morgan fingerprint density at radius 3 is 1.92 bits per heavy atom. The van der Waals surface area contributed by atoms with E-state index in [-0.39, 0.29) is 5.76 Å². The molecular weight excluding hydrogens is 298 g/mol. The molecule has 0 aliphatic heterocycles. The molecule has 0 saturated carbocycles. The number of nitrogens with zero attached hydrogens (tertiary/aromatic N) is 1. The molecule has 1 aromatic heterocycles. The highest BCUT2D eigenvalue weighted by Gasteiger charge is 2.12. The maximum absolute atomic E-state index is 11.4. The molecule has 116 valence electrons. The Kier molecular flexibility index (Phi) is 3.62. The zero-order valence-electron chi connectivity index (χ0n) is 13.0. The fraction of sp³-hybridized carbons (Fsp3) is 0.0476. The topological polar surface area (TPSA) is 31.2 Å². The Morgan fingerprint density at radius 2 is 1.33 bits per heavy atom. The lowest BCUT2D eigenvalue weighted by molar-refractivity contribution is 0.396. The van der Waals surface area contributed by atoms with Gasteiger partial charge < -0.3 is 9.30 Å². The number of benzene rings is 3. The second-order valence-electron chi connectivity index (χ2n) is 5.56. The number of para-hydroxylation sites is 3. The van der Waals surface area contributed by atoms with Crippen LogP contribution in [0.3, 0.4) is 0 Å². The van der Waals surface area contributed by atoms with Crippen molar-refractivity contribution in [2.24, 2.45) is 0 Å². The van der Waals surface area contributed by atoms with Gasteiger partial charge in [-0.15, -0.1) is 0 Å². The van der Waals surface area contributed by atoms with E-state index in [0.29, 0.717) is 12.3 Å². The average Bonchev–Trinajstić information content (AvgIpc) is 2.96. The van der Waals surface area contributed by atoms with Crippen LogP contribution in [0.25, 0.3) is 21.8 Å². The molecule has 3 aromatic carbocycles. The van der Waals surface area contributed by atoms with Crippen LogP contribution in [0.5, 0.6) is 5.75 Å². The second kappa shape index (κ2) is 6.07. The molecule has 0 spiro atoms. The molecule has 0 fully saturated rings. The molecule has 0 atom stereocenters. The summed E-state index contributed by atoms with van der Waals surface area (Å²) in [7, 11) is 0. The predicted octanol–water partition coefficient (Wildman–Crippen LogP) is 4.59. The summed E-state index contributed by atoms with van der Waals surface area (Å²) in [5, 5.41) is 2.33. The monoisotopic (exact) mass is 313 g/mol. The summed E-state index contributed by atoms with van der Waals surface area (Å²) in [6, 6.07) is 25.6. The van der Waals surface area contributed by atoms with Crippen LogP contribution in [0.1, 0.15) is 0 Å². The fourth-order valence-electron chi connectivity index (χ4n) is 3.03. The molecule has 0 aliphatic rings. The van der Waals surface area contributed by atoms with E-state index in [0.717, 1.165) is 21.8 Å². The van der Waals surface area contributed by atoms with Crippen molar-refractivity contribution in [3.05, 3.63) is 84.6 Å². The van der Waals surface area contributed by atoms with E-state index in [9.17, 15) is 4.79 Å². The highest BCUT2D eigenvalue weighted by atomic mass is 16.5. The third kappa shape index (κ3) is 2.47. The molecule has 0 amide bonds. The van der Waals surface area contributed by atoms with Gasteiger partial charge in [0.05, 0.1) is 6.54 Å². The van der Waals surface area contributed by atoms with Crippen LogP contribution in [0.15, 0.2) is 84.6 Å². The molecule has 1 heterocycles. The van der Waals surface area contributed by atoms with Gasteiger partial charge in [-0.2, -0.15) is 0 Å². The molecule has 0 aliphatic carbocycles. The first-order valence-electron chi connectivity index (χ1n) is 7.79. The molecule has 0 bridgehead atoms. The van der Waals surface area contributed by atoms with Gasteiger partial charge in [0.2, 0.25) is 5.76 Å². The van der Waals surface area contributed by atoms with E-state index >= 15 is 0 Å². The summed E-state index contributed by atoms with van der Waals surface area (Å²) < 4.78 is 7.80. The lowest BCUT2D eigenvalue weighted by atomic mass is 10.2. The van der Waals surface area contributed by atoms with Gasteiger partial charge in [0.25, 0.3) is 0 Å². The van der Waals surface area contributed by atoms with Crippen LogP contribution < -0.4 is 4.74 Å². The summed E-state index contributed by atoms with van der Waals surface area (Å²) >= 11 is 0. The summed E-state index contributed by atoms with van der Waals surface area (Å²) in [5.41, 5.74) is 2.14. The molecule has 4 aromatic rings. The van der Waals surface area contributed by atoms with E-state index in [2.05, 4.69) is 28.8 Å². The lowest BCUT2D eigenvalue weighted by Gasteiger charge is -2.10. The second-order valence-corrected chi connectivity index (χ2v) is 5.56. The maximum atomic E-state index is 11.4. The normalized spacial score (nSPS) is 10.7. The van der Waals surface area contributed by atoms with Crippen molar-refractivity contribution in [2.75, 3.05) is 0 Å². The maximum Gasteiger partial charge on any atom is 0.207 e. The highest BCUT2D eigenvalue weighted by Crippen LogP contribution is 2.29. The minimum atomic E-state index is 0.257. The molecule has 3 heteroatoms. The molecule has 4 rings (SSSR count). The van der Waals surface area contributed by atoms with Crippen molar-refractivity contribution in [2.45, 2.75) is 6.54 Å². The summed E-state index contributed by atoms with van der Waals surface area (Å²) in [5.74, 6) is 2.83. The van der Waals surface area contributed by atoms with E-state index < -0.39 is 0 Å². The first-order valence-corrected chi connectivity index (χ1v) is 7.79. The number of rotatable bonds is 4. The van der Waals surface area contributed by atoms with Crippen molar-refractivity contribution in [3.8, 4) is 5.75 Å². The van der Waals surface area contributed by atoms with Crippen molar-refractivity contribution in [1.82, 2.24) is 4.57 Å². The van der Waals surface area contributed by atoms with Crippen LogP contribution in [0, 0.1) is 0 Å². The quantitative estimate of drug-likeness (QED) is 0.407. The molecule has 0 unspecified atom stereocenters. The Morgan fingerprint density at radius 1 is 0.792 bits per heavy atom. The van der Waals surface area contributed by atoms with Gasteiger partial charge in [0.1, 0.15) is 5.75 Å². The number of fused-ring (bicyclic) bond motifs is 3. The molecule has 0 saturated heterocycles. The zero-order valence-corrected chi connectivity index (χ0v) is 13.0. The minimum Gasteiger partial charge on any atom is -0.448 e. The molecule has 0 radical (unpaired) electrons. The smallest absolute Gasteiger partial charge is 0.207 e. The summed E-state index contributed by atoms with van der Waals surface area (Å²) in [4.78, 5) is 11.4. The van der Waals surface area contributed by atoms with Crippen molar-refractivity contribution in [1.29, 1.82) is 0 Å². The first kappa shape index (κ1) is 14.3. The van der Waals surface area contributed by atoms with Crippen molar-refractivity contribution in [3.63, 3.8) is 0 Å². The highest BCUT2D eigenvalue weighted by molar-refractivity contribution is 6.08. The third-order valence-electron chi connectivity index (χ3n) is 4.08. The van der Waals surface area contributed by atoms with Gasteiger partial charge in [-0.05, 0) is 24.3 Å². The predicted molar refractivity (Wildman–Crippen MR) is 95.7 cm³/mol. The fourth-order valence-corrected chi connectivity index (χ4v) is 3.03. The van der Waals surface area contributed by atoms with Gasteiger partial charge in [-0.3, -0.25) is 0 Å². The van der Waals surface area contributed by atoms with Crippen molar-refractivity contribution < 1.29 is 9.53 Å². The number of hydrogen-bond acceptors (Lipinski definition) is 2. The molecule has 24 heavy (non-hydrogen) atoms. The first-order chi connectivity index (χ1) is 11.9. The van der Waals surface area contributed by atoms with Crippen LogP contribution in [-0.2, 0) is 11.3 Å². The van der Waals surface area contributed by atoms with Gasteiger partial charge >= 0.3 is 0 Å². The Hall–Kier alpha value is -3.29. The van der Waals surface area contributed by atoms with E-state index in [1.165, 1.54) is 0 Å². The third-order valence-corrected chi connectivity index (χ3v) is 4.08. The molecule has 3 nitrogen and oxygen atoms in total. The lowest BCUT2D eigenvalue weighted by Crippen LogP contribution is -2.07. The largest absolute Gasteiger partial charge is 0.448 e. The van der Waals surface area contributed by atoms with Gasteiger partial charge in [0.15, 0.2) is 5.94 Å². The molecule has 0 N–H and O–H groups in total. The van der Waals surface area contributed by atoms with Crippen LogP contribution >= 0.6 is 0 Å². The van der Waals surface area contributed by atoms with E-state index in [1.807, 2.05) is 60.5 Å². The molecular formula is C21H15NO2. The SMILES string of the molecule is O=C=C(Cn1c2ccccc2c2ccccc21)Oc1ccccc1. The van der Waals surface area contributed by atoms with Gasteiger partial charge in [0, 0.05) is 21.8 Å². The number of allylic oxidation sites excluding steroid dienone is 1. The van der Waals surface area contributed by atoms with Crippen molar-refractivity contribution >= 4 is 27.7 Å². The van der Waals surface area contributed by atoms with E-state index in [4.69, 9.17) is 4.74 Å². The standard InChI is InChI=1S/C21H15NO2/c23-15-17(24-16-8-2-1-3-9-16)14-22-20-12-6-4-10-18(20)19-11-5-7-13-21(19)22/h1-13H,14H2. The zero-order chi connectivity index (χ0) is 16.4. The van der Waals surface area contributed by atoms with Crippen LogP contribution in [-0.4, -0.2) is 10.5 Å². The van der Waals surface area contributed by atoms with Gasteiger partial charge in [-0.1, -0.05) is 54.6 Å². The summed E-state index contributed by atoms with van der Waals surface area (Å²) in [6.07, 6.45) is 0. The Balaban J connectivity index is 1.79. The van der Waals surface area contributed by atoms with Crippen LogP contribution in [0.2, 0.25) is 0 Å². The minimum absolute atomic E-state index is 0.257. The number of hydrogen-bond donors (Lipinski definition) is 0. The number of aromatic nitrogens is 1. The Bertz CT molecular complexity index is 1000. The van der Waals surface area contributed by atoms with E-state index in [1.54, 1.807) is 0 Å².